The fourth-order valence-corrected chi connectivity index (χ4v) is 7.78. The Kier molecular flexibility index (Phi) is 11.8. The average Bonchev–Trinajstić information content (AvgIpc) is 3.67. The summed E-state index contributed by atoms with van der Waals surface area (Å²) in [6.07, 6.45) is 6.95. The maximum absolute atomic E-state index is 13.8. The zero-order valence-corrected chi connectivity index (χ0v) is 29.4. The number of nitrogens with two attached hydrogens (primary N) is 1. The quantitative estimate of drug-likeness (QED) is 0.163. The lowest BCUT2D eigenvalue weighted by Crippen LogP contribution is -2.36. The fourth-order valence-electron chi connectivity index (χ4n) is 7.78. The lowest BCUT2D eigenvalue weighted by Gasteiger charge is -2.27. The van der Waals surface area contributed by atoms with Crippen molar-refractivity contribution in [1.82, 2.24) is 5.32 Å². The highest BCUT2D eigenvalue weighted by molar-refractivity contribution is 6.01. The molecule has 3 aliphatic rings. The Morgan fingerprint density at radius 3 is 2.32 bits per heavy atom. The van der Waals surface area contributed by atoms with Gasteiger partial charge in [0.2, 0.25) is 5.91 Å². The van der Waals surface area contributed by atoms with Crippen LogP contribution in [0.2, 0.25) is 0 Å². The molecule has 9 nitrogen and oxygen atoms in total. The van der Waals surface area contributed by atoms with Gasteiger partial charge in [0.1, 0.15) is 5.78 Å². The molecule has 1 saturated carbocycles. The Labute approximate surface area is 295 Å². The lowest BCUT2D eigenvalue weighted by molar-refractivity contribution is -0.129. The van der Waals surface area contributed by atoms with E-state index in [1.54, 1.807) is 0 Å². The van der Waals surface area contributed by atoms with Gasteiger partial charge in [-0.2, -0.15) is 5.11 Å². The molecule has 1 amide bonds. The lowest BCUT2D eigenvalue weighted by atomic mass is 9.77. The zero-order chi connectivity index (χ0) is 35.0. The molecule has 9 heteroatoms. The first-order valence-corrected chi connectivity index (χ1v) is 18.3. The summed E-state index contributed by atoms with van der Waals surface area (Å²) in [6, 6.07) is 22.1. The number of azo groups is 1. The predicted molar refractivity (Wildman–Crippen MR) is 198 cm³/mol. The van der Waals surface area contributed by atoms with Crippen molar-refractivity contribution in [3.8, 4) is 11.1 Å². The smallest absolute Gasteiger partial charge is 0.228 e. The number of benzene rings is 3. The molecule has 3 aromatic rings. The van der Waals surface area contributed by atoms with Crippen LogP contribution in [0.15, 0.2) is 82.0 Å². The third-order valence-electron chi connectivity index (χ3n) is 10.8. The number of piperidine rings is 1. The molecule has 1 aliphatic carbocycles. The van der Waals surface area contributed by atoms with Gasteiger partial charge in [-0.3, -0.25) is 14.4 Å². The van der Waals surface area contributed by atoms with Crippen molar-refractivity contribution in [1.29, 1.82) is 0 Å². The summed E-state index contributed by atoms with van der Waals surface area (Å²) in [5, 5.41) is 14.5. The van der Waals surface area contributed by atoms with Gasteiger partial charge in [0.05, 0.1) is 0 Å². The van der Waals surface area contributed by atoms with Crippen LogP contribution in [0.25, 0.3) is 11.1 Å². The normalized spacial score (nSPS) is 22.5. The van der Waals surface area contributed by atoms with E-state index in [-0.39, 0.29) is 29.8 Å². The molecule has 0 radical (unpaired) electrons. The molecule has 262 valence electrons. The Morgan fingerprint density at radius 1 is 0.920 bits per heavy atom. The summed E-state index contributed by atoms with van der Waals surface area (Å²) < 4.78 is 0. The summed E-state index contributed by atoms with van der Waals surface area (Å²) >= 11 is 0. The van der Waals surface area contributed by atoms with E-state index >= 15 is 0 Å². The number of carbonyl (C=O) groups excluding carboxylic acids is 3. The second kappa shape index (κ2) is 16.6. The van der Waals surface area contributed by atoms with Crippen molar-refractivity contribution in [2.75, 3.05) is 25.1 Å². The van der Waals surface area contributed by atoms with Gasteiger partial charge in [-0.05, 0) is 136 Å². The van der Waals surface area contributed by atoms with Crippen molar-refractivity contribution in [3.63, 3.8) is 0 Å². The Morgan fingerprint density at radius 2 is 1.66 bits per heavy atom. The highest BCUT2D eigenvalue weighted by Gasteiger charge is 2.30. The topological polar surface area (TPSA) is 138 Å². The van der Waals surface area contributed by atoms with Crippen molar-refractivity contribution in [2.45, 2.75) is 77.7 Å². The minimum Gasteiger partial charge on any atom is -0.330 e. The fraction of sp³-hybridized carbons (Fsp3) is 0.463. The van der Waals surface area contributed by atoms with Crippen LogP contribution in [0.1, 0.15) is 85.3 Å². The molecule has 0 spiro atoms. The van der Waals surface area contributed by atoms with E-state index in [0.717, 1.165) is 78.5 Å². The molecule has 6 rings (SSSR count). The van der Waals surface area contributed by atoms with E-state index in [0.29, 0.717) is 55.5 Å². The Bertz CT molecular complexity index is 1720. The molecule has 2 unspecified atom stereocenters. The highest BCUT2D eigenvalue weighted by Crippen LogP contribution is 2.32. The van der Waals surface area contributed by atoms with Crippen molar-refractivity contribution >= 4 is 29.0 Å². The van der Waals surface area contributed by atoms with Crippen LogP contribution in [0, 0.1) is 30.6 Å². The third-order valence-corrected chi connectivity index (χ3v) is 10.8. The number of hydrogen-bond acceptors (Lipinski definition) is 8. The summed E-state index contributed by atoms with van der Waals surface area (Å²) in [7, 11) is 0. The highest BCUT2D eigenvalue weighted by atomic mass is 16.2. The van der Waals surface area contributed by atoms with Crippen molar-refractivity contribution in [3.05, 3.63) is 89.0 Å². The molecule has 2 fully saturated rings. The molecule has 50 heavy (non-hydrogen) atoms. The molecular weight excluding hydrogens is 624 g/mol. The second-order valence-electron chi connectivity index (χ2n) is 14.6. The van der Waals surface area contributed by atoms with Crippen LogP contribution < -0.4 is 16.4 Å². The van der Waals surface area contributed by atoms with Crippen LogP contribution in [-0.4, -0.2) is 49.1 Å². The molecule has 3 atom stereocenters. The molecule has 0 aromatic heterocycles. The Hall–Kier alpha value is -4.34. The van der Waals surface area contributed by atoms with Gasteiger partial charge >= 0.3 is 0 Å². The number of amides is 1. The van der Waals surface area contributed by atoms with E-state index in [1.165, 1.54) is 0 Å². The van der Waals surface area contributed by atoms with Gasteiger partial charge < -0.3 is 16.4 Å². The first-order chi connectivity index (χ1) is 24.2. The van der Waals surface area contributed by atoms with E-state index in [9.17, 15) is 14.4 Å². The standard InChI is InChI=1S/C41H50N6O3/c1-26-19-34(38(48)22-30-17-18-43-27(2)20-30)13-16-37(26)31-7-3-28(4-8-31)21-35(23-39(49)32-9-5-29(24-42)6-10-32)41(50)46-36-14-11-33(12-15-36)40-44-25-45-47-40/h3-4,7-8,11-16,19,27,29-30,32,35,43H,5-6,9-10,17-18,20-25,42H2,1-2H3,(H,46,50)/t27?,29?,30?,32?,35-/m1/s1. The molecule has 0 bridgehead atoms. The van der Waals surface area contributed by atoms with Crippen LogP contribution in [-0.2, 0) is 16.0 Å². The van der Waals surface area contributed by atoms with Gasteiger partial charge in [-0.25, -0.2) is 4.99 Å². The summed E-state index contributed by atoms with van der Waals surface area (Å²) in [4.78, 5) is 44.7. The first-order valence-electron chi connectivity index (χ1n) is 18.3. The van der Waals surface area contributed by atoms with E-state index in [4.69, 9.17) is 5.73 Å². The second-order valence-corrected chi connectivity index (χ2v) is 14.6. The maximum atomic E-state index is 13.8. The SMILES string of the molecule is Cc1cc(C(=O)CC2CCNC(C)C2)ccc1-c1ccc(C[C@H](CC(=O)C2CCC(CN)CC2)C(=O)Nc2ccc(C3=NCN=N3)cc2)cc1. The van der Waals surface area contributed by atoms with Crippen molar-refractivity contribution < 1.29 is 14.4 Å². The van der Waals surface area contributed by atoms with Crippen LogP contribution in [0.5, 0.6) is 0 Å². The van der Waals surface area contributed by atoms with E-state index in [1.807, 2.05) is 42.5 Å². The van der Waals surface area contributed by atoms with E-state index < -0.39 is 5.92 Å². The number of ketones is 2. The molecule has 3 aromatic carbocycles. The number of carbonyl (C=O) groups is 3. The van der Waals surface area contributed by atoms with E-state index in [2.05, 4.69) is 64.0 Å². The zero-order valence-electron chi connectivity index (χ0n) is 29.4. The minimum atomic E-state index is -0.511. The number of nitrogens with one attached hydrogen (secondary N) is 2. The first kappa shape index (κ1) is 35.5. The maximum Gasteiger partial charge on any atom is 0.228 e. The van der Waals surface area contributed by atoms with Gasteiger partial charge in [0, 0.05) is 47.5 Å². The molecule has 1 saturated heterocycles. The summed E-state index contributed by atoms with van der Waals surface area (Å²) in [6.45, 7) is 6.22. The van der Waals surface area contributed by atoms with Gasteiger partial charge in [0.15, 0.2) is 18.3 Å². The third kappa shape index (κ3) is 9.06. The number of aliphatic imine (C=N–C) groups is 1. The van der Waals surface area contributed by atoms with Crippen LogP contribution >= 0.6 is 0 Å². The number of anilines is 1. The molecular formula is C41H50N6O3. The molecule has 2 heterocycles. The van der Waals surface area contributed by atoms with Crippen LogP contribution in [0.3, 0.4) is 0 Å². The van der Waals surface area contributed by atoms with Crippen LogP contribution in [0.4, 0.5) is 5.69 Å². The number of hydrogen-bond donors (Lipinski definition) is 3. The average molecular weight is 675 g/mol. The van der Waals surface area contributed by atoms with Gasteiger partial charge in [-0.1, -0.05) is 36.4 Å². The molecule has 2 aliphatic heterocycles. The minimum absolute atomic E-state index is 0.0165. The molecule has 4 N–H and O–H groups in total. The van der Waals surface area contributed by atoms with Gasteiger partial charge in [0.25, 0.3) is 0 Å². The summed E-state index contributed by atoms with van der Waals surface area (Å²) in [5.41, 5.74) is 12.3. The predicted octanol–water partition coefficient (Wildman–Crippen LogP) is 7.31. The number of amidine groups is 1. The van der Waals surface area contributed by atoms with Gasteiger partial charge in [-0.15, -0.1) is 5.11 Å². The number of nitrogens with zero attached hydrogens (tertiary/aromatic N) is 3. The number of aryl methyl sites for hydroxylation is 1. The Balaban J connectivity index is 1.13. The summed E-state index contributed by atoms with van der Waals surface area (Å²) in [5.74, 6) is 1.19. The number of rotatable bonds is 13. The number of Topliss-reactive ketones (excluding diaryl/α,β-unsaturated/α-hetero) is 2. The van der Waals surface area contributed by atoms with Crippen molar-refractivity contribution in [2.24, 2.45) is 44.6 Å². The largest absolute Gasteiger partial charge is 0.330 e. The monoisotopic (exact) mass is 674 g/mol.